The number of hydrogen-bond donors (Lipinski definition) is 0. The van der Waals surface area contributed by atoms with Crippen LogP contribution in [0.2, 0.25) is 0 Å². The van der Waals surface area contributed by atoms with E-state index in [2.05, 4.69) is 47.6 Å². The van der Waals surface area contributed by atoms with E-state index in [1.807, 2.05) is 26.0 Å². The Labute approximate surface area is 268 Å². The molecule has 2 aliphatic rings. The molecule has 5 unspecified atom stereocenters. The molecule has 1 aromatic carbocycles. The third kappa shape index (κ3) is 12.9. The maximum atomic E-state index is 12.7. The molecule has 2 aliphatic carbocycles. The highest BCUT2D eigenvalue weighted by atomic mass is 16.2. The standard InChI is InChI=1S/C23H32O3.C13H22O2.C3H8/c1-5-8-18(20(6-2)21(25)11-16(4)24)12-17-13-19-10-7-9-15(3)23(19)22(26)14-17;1-9(14)10-6-5-7-11(10)12(15)8-13(2,3)4;1-3-2/h7,9-10,17-18,20H,5-6,8,11-14H2,1-4H3;10-11H,5-8H2,1-4H3;3H2,1-2H3. The molecule has 5 heteroatoms. The lowest BCUT2D eigenvalue weighted by molar-refractivity contribution is -0.131. The summed E-state index contributed by atoms with van der Waals surface area (Å²) in [5.74, 6) is 1.29. The second-order valence-corrected chi connectivity index (χ2v) is 14.6. The van der Waals surface area contributed by atoms with Gasteiger partial charge in [-0.15, -0.1) is 0 Å². The number of benzene rings is 1. The van der Waals surface area contributed by atoms with Crippen LogP contribution in [0, 0.1) is 41.9 Å². The number of Topliss-reactive ketones (excluding diaryl/α,β-unsaturated/α-hetero) is 5. The largest absolute Gasteiger partial charge is 0.300 e. The molecule has 0 heterocycles. The van der Waals surface area contributed by atoms with E-state index in [0.29, 0.717) is 24.5 Å². The third-order valence-corrected chi connectivity index (χ3v) is 8.92. The molecule has 5 nitrogen and oxygen atoms in total. The van der Waals surface area contributed by atoms with Gasteiger partial charge >= 0.3 is 0 Å². The van der Waals surface area contributed by atoms with Crippen molar-refractivity contribution in [2.24, 2.45) is 35.0 Å². The number of carbonyl (C=O) groups excluding carboxylic acids is 5. The van der Waals surface area contributed by atoms with E-state index in [1.54, 1.807) is 6.92 Å². The highest BCUT2D eigenvalue weighted by molar-refractivity contribution is 6.00. The molecule has 0 aliphatic heterocycles. The van der Waals surface area contributed by atoms with Gasteiger partial charge in [0.05, 0.1) is 6.42 Å². The Morgan fingerprint density at radius 3 is 2.07 bits per heavy atom. The van der Waals surface area contributed by atoms with Gasteiger partial charge in [-0.1, -0.05) is 92.3 Å². The molecule has 248 valence electrons. The van der Waals surface area contributed by atoms with E-state index >= 15 is 0 Å². The fourth-order valence-corrected chi connectivity index (χ4v) is 7.18. The monoisotopic (exact) mass is 610 g/mol. The molecule has 0 bridgehead atoms. The van der Waals surface area contributed by atoms with Gasteiger partial charge in [-0.3, -0.25) is 24.0 Å². The summed E-state index contributed by atoms with van der Waals surface area (Å²) in [6, 6.07) is 6.10. The van der Waals surface area contributed by atoms with Gasteiger partial charge in [-0.05, 0) is 81.3 Å². The molecule has 0 spiro atoms. The zero-order valence-electron chi connectivity index (χ0n) is 29.6. The Kier molecular flexibility index (Phi) is 17.2. The zero-order valence-corrected chi connectivity index (χ0v) is 29.6. The summed E-state index contributed by atoms with van der Waals surface area (Å²) in [6.07, 6.45) is 9.92. The second-order valence-electron chi connectivity index (χ2n) is 14.6. The first kappa shape index (κ1) is 39.6. The molecule has 3 rings (SSSR count). The van der Waals surface area contributed by atoms with Gasteiger partial charge in [0.25, 0.3) is 0 Å². The molecular formula is C39H62O5. The van der Waals surface area contributed by atoms with E-state index < -0.39 is 0 Å². The third-order valence-electron chi connectivity index (χ3n) is 8.92. The van der Waals surface area contributed by atoms with Crippen LogP contribution >= 0.6 is 0 Å². The quantitative estimate of drug-likeness (QED) is 0.220. The van der Waals surface area contributed by atoms with Crippen LogP contribution < -0.4 is 0 Å². The summed E-state index contributed by atoms with van der Waals surface area (Å²) in [5, 5.41) is 0. The predicted molar refractivity (Wildman–Crippen MR) is 181 cm³/mol. The maximum absolute atomic E-state index is 12.7. The Morgan fingerprint density at radius 2 is 1.55 bits per heavy atom. The lowest BCUT2D eigenvalue weighted by Gasteiger charge is -2.31. The highest BCUT2D eigenvalue weighted by Gasteiger charge is 2.37. The molecule has 44 heavy (non-hydrogen) atoms. The van der Waals surface area contributed by atoms with Gasteiger partial charge < -0.3 is 0 Å². The van der Waals surface area contributed by atoms with Crippen molar-refractivity contribution in [3.8, 4) is 0 Å². The van der Waals surface area contributed by atoms with Gasteiger partial charge in [0, 0.05) is 36.2 Å². The van der Waals surface area contributed by atoms with Crippen LogP contribution in [0.5, 0.6) is 0 Å². The smallest absolute Gasteiger partial charge is 0.163 e. The molecule has 1 aromatic rings. The average Bonchev–Trinajstić information content (AvgIpc) is 3.39. The van der Waals surface area contributed by atoms with Crippen LogP contribution in [-0.2, 0) is 25.6 Å². The van der Waals surface area contributed by atoms with Crippen molar-refractivity contribution in [2.45, 2.75) is 146 Å². The molecular weight excluding hydrogens is 548 g/mol. The minimum Gasteiger partial charge on any atom is -0.300 e. The van der Waals surface area contributed by atoms with Crippen LogP contribution in [-0.4, -0.2) is 28.9 Å². The van der Waals surface area contributed by atoms with Gasteiger partial charge in [0.1, 0.15) is 23.1 Å². The summed E-state index contributed by atoms with van der Waals surface area (Å²) in [4.78, 5) is 60.0. The van der Waals surface area contributed by atoms with Crippen LogP contribution in [0.3, 0.4) is 0 Å². The van der Waals surface area contributed by atoms with E-state index in [9.17, 15) is 24.0 Å². The van der Waals surface area contributed by atoms with Crippen LogP contribution in [0.15, 0.2) is 18.2 Å². The van der Waals surface area contributed by atoms with Crippen molar-refractivity contribution in [1.82, 2.24) is 0 Å². The van der Waals surface area contributed by atoms with E-state index in [0.717, 1.165) is 68.1 Å². The van der Waals surface area contributed by atoms with Gasteiger partial charge in [-0.25, -0.2) is 0 Å². The number of fused-ring (bicyclic) bond motifs is 1. The van der Waals surface area contributed by atoms with Crippen LogP contribution in [0.4, 0.5) is 0 Å². The SMILES string of the molecule is CC(=O)C1CCCC1C(=O)CC(C)(C)C.CCC.CCCC(CC1CC(=O)c2c(C)cccc2C1)C(CC)C(=O)CC(C)=O. The molecule has 5 atom stereocenters. The van der Waals surface area contributed by atoms with Crippen molar-refractivity contribution < 1.29 is 24.0 Å². The average molecular weight is 611 g/mol. The summed E-state index contributed by atoms with van der Waals surface area (Å²) in [7, 11) is 0. The molecule has 0 radical (unpaired) electrons. The highest BCUT2D eigenvalue weighted by Crippen LogP contribution is 2.37. The minimum atomic E-state index is -0.0622. The van der Waals surface area contributed by atoms with Gasteiger partial charge in [0.2, 0.25) is 0 Å². The van der Waals surface area contributed by atoms with Crippen molar-refractivity contribution in [2.75, 3.05) is 0 Å². The normalized spacial score (nSPS) is 20.7. The number of hydrogen-bond acceptors (Lipinski definition) is 5. The fourth-order valence-electron chi connectivity index (χ4n) is 7.18. The summed E-state index contributed by atoms with van der Waals surface area (Å²) in [6.45, 7) is 19.8. The second kappa shape index (κ2) is 19.2. The molecule has 1 fully saturated rings. The Balaban J connectivity index is 0.000000455. The summed E-state index contributed by atoms with van der Waals surface area (Å²) >= 11 is 0. The Bertz CT molecular complexity index is 1110. The topological polar surface area (TPSA) is 85.3 Å². The number of ketones is 5. The Morgan fingerprint density at radius 1 is 0.932 bits per heavy atom. The molecule has 0 amide bonds. The summed E-state index contributed by atoms with van der Waals surface area (Å²) in [5.41, 5.74) is 3.18. The lowest BCUT2D eigenvalue weighted by atomic mass is 9.72. The first-order valence-electron chi connectivity index (χ1n) is 17.3. The van der Waals surface area contributed by atoms with E-state index in [1.165, 1.54) is 13.3 Å². The zero-order chi connectivity index (χ0) is 33.6. The van der Waals surface area contributed by atoms with Crippen molar-refractivity contribution >= 4 is 28.9 Å². The number of carbonyl (C=O) groups is 5. The maximum Gasteiger partial charge on any atom is 0.163 e. The Hall–Kier alpha value is -2.43. The number of rotatable bonds is 12. The van der Waals surface area contributed by atoms with Crippen LogP contribution in [0.1, 0.15) is 154 Å². The van der Waals surface area contributed by atoms with Crippen molar-refractivity contribution in [3.05, 3.63) is 34.9 Å². The first-order chi connectivity index (χ1) is 20.6. The van der Waals surface area contributed by atoms with E-state index in [4.69, 9.17) is 0 Å². The van der Waals surface area contributed by atoms with Gasteiger partial charge in [0.15, 0.2) is 5.78 Å². The molecule has 0 N–H and O–H groups in total. The molecule has 0 saturated heterocycles. The predicted octanol–water partition coefficient (Wildman–Crippen LogP) is 9.53. The fraction of sp³-hybridized carbons (Fsp3) is 0.718. The molecule has 1 saturated carbocycles. The molecule has 0 aromatic heterocycles. The van der Waals surface area contributed by atoms with Crippen molar-refractivity contribution in [3.63, 3.8) is 0 Å². The first-order valence-corrected chi connectivity index (χ1v) is 17.3. The summed E-state index contributed by atoms with van der Waals surface area (Å²) < 4.78 is 0. The van der Waals surface area contributed by atoms with Crippen molar-refractivity contribution in [1.29, 1.82) is 0 Å². The minimum absolute atomic E-state index is 0.0137. The van der Waals surface area contributed by atoms with E-state index in [-0.39, 0.29) is 58.6 Å². The lowest BCUT2D eigenvalue weighted by Crippen LogP contribution is -2.29. The van der Waals surface area contributed by atoms with Gasteiger partial charge in [-0.2, -0.15) is 0 Å². The number of aryl methyl sites for hydroxylation is 1. The van der Waals surface area contributed by atoms with Crippen LogP contribution in [0.25, 0.3) is 0 Å².